The number of phenols is 1. The summed E-state index contributed by atoms with van der Waals surface area (Å²) in [5.41, 5.74) is -0.0682. The number of carbonyl (C=O) groups is 3. The minimum atomic E-state index is -1.30. The monoisotopic (exact) mass is 436 g/mol. The maximum absolute atomic E-state index is 13.7. The van der Waals surface area contributed by atoms with Gasteiger partial charge in [-0.2, -0.15) is 0 Å². The van der Waals surface area contributed by atoms with Crippen molar-refractivity contribution < 1.29 is 24.2 Å². The topological polar surface area (TPSA) is 95.9 Å². The number of aromatic hydroxyl groups is 1. The van der Waals surface area contributed by atoms with Crippen molar-refractivity contribution in [1.29, 1.82) is 0 Å². The molecular weight excluding hydrogens is 408 g/mol. The maximum Gasteiger partial charge on any atom is 0.327 e. The van der Waals surface area contributed by atoms with Crippen LogP contribution in [0.25, 0.3) is 0 Å². The third-order valence-corrected chi connectivity index (χ3v) is 6.49. The van der Waals surface area contributed by atoms with Crippen molar-refractivity contribution in [2.45, 2.75) is 44.7 Å². The third kappa shape index (κ3) is 3.46. The zero-order chi connectivity index (χ0) is 22.9. The molecule has 0 aromatic heterocycles. The van der Waals surface area contributed by atoms with Gasteiger partial charge in [-0.25, -0.2) is 4.90 Å². The summed E-state index contributed by atoms with van der Waals surface area (Å²) in [5, 5.41) is 13.1. The SMILES string of the molecule is CCCC[C@]1(C(=O)OCC)N[C@H](c2ccc(O)cc2)[C@@H]2C(=O)N(c3ccccc3)C(=O)[C@H]21. The summed E-state index contributed by atoms with van der Waals surface area (Å²) in [6.45, 7) is 3.92. The third-order valence-electron chi connectivity index (χ3n) is 6.49. The van der Waals surface area contributed by atoms with Crippen LogP contribution in [0.5, 0.6) is 5.75 Å². The van der Waals surface area contributed by atoms with Gasteiger partial charge < -0.3 is 9.84 Å². The van der Waals surface area contributed by atoms with Gasteiger partial charge in [0.25, 0.3) is 0 Å². The van der Waals surface area contributed by atoms with Crippen LogP contribution in [-0.2, 0) is 19.1 Å². The lowest BCUT2D eigenvalue weighted by atomic mass is 9.76. The highest BCUT2D eigenvalue weighted by Gasteiger charge is 2.68. The molecule has 2 amide bonds. The zero-order valence-electron chi connectivity index (χ0n) is 18.3. The number of carbonyl (C=O) groups excluding carboxylic acids is 3. The fourth-order valence-corrected chi connectivity index (χ4v) is 5.04. The molecule has 2 fully saturated rings. The molecule has 2 saturated heterocycles. The Morgan fingerprint density at radius 1 is 1.06 bits per heavy atom. The molecule has 4 atom stereocenters. The lowest BCUT2D eigenvalue weighted by Gasteiger charge is -2.33. The van der Waals surface area contributed by atoms with Gasteiger partial charge in [-0.1, -0.05) is 50.1 Å². The van der Waals surface area contributed by atoms with Gasteiger partial charge in [-0.15, -0.1) is 0 Å². The van der Waals surface area contributed by atoms with E-state index in [-0.39, 0.29) is 24.2 Å². The molecule has 168 valence electrons. The van der Waals surface area contributed by atoms with Crippen LogP contribution in [0.2, 0.25) is 0 Å². The number of ether oxygens (including phenoxy) is 1. The number of anilines is 1. The lowest BCUT2D eigenvalue weighted by Crippen LogP contribution is -2.56. The summed E-state index contributed by atoms with van der Waals surface area (Å²) in [7, 11) is 0. The molecule has 0 unspecified atom stereocenters. The van der Waals surface area contributed by atoms with Crippen molar-refractivity contribution in [3.05, 3.63) is 60.2 Å². The number of hydrogen-bond donors (Lipinski definition) is 2. The van der Waals surface area contributed by atoms with Crippen molar-refractivity contribution in [1.82, 2.24) is 5.32 Å². The molecule has 0 saturated carbocycles. The Labute approximate surface area is 187 Å². The molecule has 2 N–H and O–H groups in total. The Bertz CT molecular complexity index is 1010. The van der Waals surface area contributed by atoms with Crippen LogP contribution in [0.15, 0.2) is 54.6 Å². The van der Waals surface area contributed by atoms with Gasteiger partial charge in [0.1, 0.15) is 11.3 Å². The number of nitrogens with zero attached hydrogens (tertiary/aromatic N) is 1. The van der Waals surface area contributed by atoms with Crippen molar-refractivity contribution >= 4 is 23.5 Å². The number of hydrogen-bond acceptors (Lipinski definition) is 6. The highest BCUT2D eigenvalue weighted by Crippen LogP contribution is 2.51. The number of nitrogens with one attached hydrogen (secondary N) is 1. The van der Waals surface area contributed by atoms with Gasteiger partial charge >= 0.3 is 5.97 Å². The van der Waals surface area contributed by atoms with Crippen LogP contribution in [0, 0.1) is 11.8 Å². The first-order chi connectivity index (χ1) is 15.4. The highest BCUT2D eigenvalue weighted by molar-refractivity contribution is 6.24. The Kier molecular flexibility index (Phi) is 6.02. The van der Waals surface area contributed by atoms with E-state index in [0.29, 0.717) is 18.5 Å². The normalized spacial score (nSPS) is 26.9. The smallest absolute Gasteiger partial charge is 0.327 e. The summed E-state index contributed by atoms with van der Waals surface area (Å²) in [6.07, 6.45) is 1.92. The molecule has 32 heavy (non-hydrogen) atoms. The number of unbranched alkanes of at least 4 members (excludes halogenated alkanes) is 1. The first kappa shape index (κ1) is 22.0. The van der Waals surface area contributed by atoms with Crippen LogP contribution in [0.4, 0.5) is 5.69 Å². The van der Waals surface area contributed by atoms with Gasteiger partial charge in [-0.05, 0) is 43.2 Å². The number of phenolic OH excluding ortho intramolecular Hbond substituents is 1. The van der Waals surface area contributed by atoms with E-state index in [4.69, 9.17) is 4.74 Å². The van der Waals surface area contributed by atoms with Crippen molar-refractivity contribution in [3.63, 3.8) is 0 Å². The second-order valence-corrected chi connectivity index (χ2v) is 8.36. The fraction of sp³-hybridized carbons (Fsp3) is 0.400. The molecule has 4 rings (SSSR count). The van der Waals surface area contributed by atoms with E-state index in [1.807, 2.05) is 13.0 Å². The fourth-order valence-electron chi connectivity index (χ4n) is 5.04. The molecule has 2 heterocycles. The average Bonchev–Trinajstić information content (AvgIpc) is 3.28. The average molecular weight is 437 g/mol. The molecule has 7 heteroatoms. The van der Waals surface area contributed by atoms with E-state index in [1.165, 1.54) is 4.90 Å². The summed E-state index contributed by atoms with van der Waals surface area (Å²) in [6, 6.07) is 14.8. The molecule has 0 radical (unpaired) electrons. The van der Waals surface area contributed by atoms with E-state index < -0.39 is 29.4 Å². The lowest BCUT2D eigenvalue weighted by molar-refractivity contribution is -0.155. The van der Waals surface area contributed by atoms with Gasteiger partial charge in [-0.3, -0.25) is 19.7 Å². The largest absolute Gasteiger partial charge is 0.508 e. The summed E-state index contributed by atoms with van der Waals surface area (Å²) in [5.74, 6) is -2.75. The van der Waals surface area contributed by atoms with Crippen LogP contribution in [-0.4, -0.2) is 35.0 Å². The first-order valence-corrected chi connectivity index (χ1v) is 11.1. The van der Waals surface area contributed by atoms with E-state index in [0.717, 1.165) is 12.0 Å². The molecule has 2 aromatic rings. The molecular formula is C25H28N2O5. The van der Waals surface area contributed by atoms with E-state index >= 15 is 0 Å². The van der Waals surface area contributed by atoms with Crippen LogP contribution in [0.1, 0.15) is 44.7 Å². The van der Waals surface area contributed by atoms with E-state index in [2.05, 4.69) is 5.32 Å². The number of benzene rings is 2. The van der Waals surface area contributed by atoms with Crippen LogP contribution in [0.3, 0.4) is 0 Å². The number of amides is 2. The molecule has 2 aliphatic heterocycles. The minimum Gasteiger partial charge on any atom is -0.508 e. The Morgan fingerprint density at radius 3 is 2.38 bits per heavy atom. The standard InChI is InChI=1S/C25H28N2O5/c1-3-5-15-25(24(31)32-4-2)20-19(21(26-25)16-11-13-18(28)14-12-16)22(29)27(23(20)30)17-9-7-6-8-10-17/h6-14,19-21,26,28H,3-5,15H2,1-2H3/t19-,20+,21-,25+/m1/s1. The quantitative estimate of drug-likeness (QED) is 0.511. The van der Waals surface area contributed by atoms with Crippen molar-refractivity contribution in [2.24, 2.45) is 11.8 Å². The van der Waals surface area contributed by atoms with Gasteiger partial charge in [0.05, 0.1) is 24.1 Å². The molecule has 0 aliphatic carbocycles. The van der Waals surface area contributed by atoms with Crippen molar-refractivity contribution in [3.8, 4) is 5.75 Å². The van der Waals surface area contributed by atoms with E-state index in [1.54, 1.807) is 55.5 Å². The first-order valence-electron chi connectivity index (χ1n) is 11.1. The van der Waals surface area contributed by atoms with Gasteiger partial charge in [0.15, 0.2) is 0 Å². The predicted octanol–water partition coefficient (Wildman–Crippen LogP) is 3.33. The summed E-state index contributed by atoms with van der Waals surface area (Å²) < 4.78 is 5.44. The Hall–Kier alpha value is -3.19. The molecule has 2 aliphatic rings. The number of fused-ring (bicyclic) bond motifs is 1. The van der Waals surface area contributed by atoms with Crippen LogP contribution < -0.4 is 10.2 Å². The second kappa shape index (κ2) is 8.74. The number of para-hydroxylation sites is 1. The molecule has 0 spiro atoms. The van der Waals surface area contributed by atoms with Crippen LogP contribution >= 0.6 is 0 Å². The summed E-state index contributed by atoms with van der Waals surface area (Å²) in [4.78, 5) is 41.9. The second-order valence-electron chi connectivity index (χ2n) is 8.36. The number of esters is 1. The van der Waals surface area contributed by atoms with Gasteiger partial charge in [0, 0.05) is 6.04 Å². The Morgan fingerprint density at radius 2 is 1.75 bits per heavy atom. The zero-order valence-corrected chi connectivity index (χ0v) is 18.3. The van der Waals surface area contributed by atoms with Gasteiger partial charge in [0.2, 0.25) is 11.8 Å². The highest BCUT2D eigenvalue weighted by atomic mass is 16.5. The minimum absolute atomic E-state index is 0.102. The maximum atomic E-state index is 13.7. The molecule has 2 aromatic carbocycles. The Balaban J connectivity index is 1.85. The number of rotatable bonds is 7. The van der Waals surface area contributed by atoms with Crippen molar-refractivity contribution in [2.75, 3.05) is 11.5 Å². The number of imide groups is 1. The molecule has 0 bridgehead atoms. The predicted molar refractivity (Wildman–Crippen MR) is 119 cm³/mol. The van der Waals surface area contributed by atoms with E-state index in [9.17, 15) is 19.5 Å². The summed E-state index contributed by atoms with van der Waals surface area (Å²) >= 11 is 0. The molecule has 7 nitrogen and oxygen atoms in total.